The highest BCUT2D eigenvalue weighted by Gasteiger charge is 2.26. The van der Waals surface area contributed by atoms with E-state index < -0.39 is 0 Å². The molecular formula is C16H32N2. The maximum atomic E-state index is 3.55. The lowest BCUT2D eigenvalue weighted by atomic mass is 9.80. The molecule has 1 saturated heterocycles. The normalized spacial score (nSPS) is 35.0. The summed E-state index contributed by atoms with van der Waals surface area (Å²) in [5, 5.41) is 3.55. The molecule has 0 aromatic carbocycles. The van der Waals surface area contributed by atoms with Crippen LogP contribution in [0.4, 0.5) is 0 Å². The first-order valence-electron chi connectivity index (χ1n) is 8.11. The third-order valence-electron chi connectivity index (χ3n) is 5.04. The van der Waals surface area contributed by atoms with Crippen LogP contribution in [0.15, 0.2) is 0 Å². The number of hydrogen-bond donors (Lipinski definition) is 1. The van der Waals surface area contributed by atoms with Crippen molar-refractivity contribution in [2.24, 2.45) is 17.8 Å². The fourth-order valence-electron chi connectivity index (χ4n) is 3.87. The molecule has 3 unspecified atom stereocenters. The first-order valence-corrected chi connectivity index (χ1v) is 8.11. The van der Waals surface area contributed by atoms with Gasteiger partial charge in [-0.3, -0.25) is 4.90 Å². The number of nitrogens with one attached hydrogen (secondary N) is 1. The monoisotopic (exact) mass is 252 g/mol. The molecule has 0 bridgehead atoms. The van der Waals surface area contributed by atoms with Crippen LogP contribution in [0.2, 0.25) is 0 Å². The number of rotatable bonds is 4. The molecule has 2 aliphatic rings. The largest absolute Gasteiger partial charge is 0.314 e. The van der Waals surface area contributed by atoms with Crippen LogP contribution in [0.3, 0.4) is 0 Å². The van der Waals surface area contributed by atoms with Gasteiger partial charge in [0.05, 0.1) is 0 Å². The average Bonchev–Trinajstić information content (AvgIpc) is 2.37. The highest BCUT2D eigenvalue weighted by Crippen LogP contribution is 2.31. The number of piperazine rings is 1. The van der Waals surface area contributed by atoms with Crippen LogP contribution in [0.1, 0.15) is 52.9 Å². The molecule has 0 spiro atoms. The Morgan fingerprint density at radius 2 is 2.11 bits per heavy atom. The molecule has 1 heterocycles. The maximum Gasteiger partial charge on any atom is 0.0244 e. The number of hydrogen-bond acceptors (Lipinski definition) is 2. The van der Waals surface area contributed by atoms with Crippen LogP contribution >= 0.6 is 0 Å². The minimum absolute atomic E-state index is 0.764. The molecule has 1 N–H and O–H groups in total. The smallest absolute Gasteiger partial charge is 0.0244 e. The summed E-state index contributed by atoms with van der Waals surface area (Å²) in [5.41, 5.74) is 0. The van der Waals surface area contributed by atoms with E-state index in [1.54, 1.807) is 0 Å². The lowest BCUT2D eigenvalue weighted by Gasteiger charge is -2.39. The van der Waals surface area contributed by atoms with Crippen molar-refractivity contribution >= 4 is 0 Å². The van der Waals surface area contributed by atoms with Gasteiger partial charge in [0.25, 0.3) is 0 Å². The molecule has 1 aliphatic carbocycles. The molecule has 2 rings (SSSR count). The topological polar surface area (TPSA) is 15.3 Å². The lowest BCUT2D eigenvalue weighted by Crippen LogP contribution is -2.53. The molecule has 2 nitrogen and oxygen atoms in total. The van der Waals surface area contributed by atoms with Crippen molar-refractivity contribution in [2.75, 3.05) is 26.2 Å². The third-order valence-corrected chi connectivity index (χ3v) is 5.04. The Morgan fingerprint density at radius 1 is 1.28 bits per heavy atom. The summed E-state index contributed by atoms with van der Waals surface area (Å²) in [5.74, 6) is 2.77. The molecule has 2 heteroatoms. The van der Waals surface area contributed by atoms with Crippen molar-refractivity contribution in [3.05, 3.63) is 0 Å². The van der Waals surface area contributed by atoms with Gasteiger partial charge in [0.2, 0.25) is 0 Å². The Morgan fingerprint density at radius 3 is 2.83 bits per heavy atom. The van der Waals surface area contributed by atoms with Gasteiger partial charge >= 0.3 is 0 Å². The standard InChI is InChI=1S/C16H32N2/c1-13(2)16-12-17-8-10-18(16)9-7-15-6-4-5-14(3)11-15/h13-17H,4-12H2,1-3H3. The summed E-state index contributed by atoms with van der Waals surface area (Å²) in [6, 6.07) is 0.764. The van der Waals surface area contributed by atoms with Crippen LogP contribution in [-0.4, -0.2) is 37.1 Å². The first kappa shape index (κ1) is 14.3. The maximum absolute atomic E-state index is 3.55. The Hall–Kier alpha value is -0.0800. The molecule has 1 saturated carbocycles. The van der Waals surface area contributed by atoms with Gasteiger partial charge in [-0.05, 0) is 37.1 Å². The van der Waals surface area contributed by atoms with Gasteiger partial charge in [0.15, 0.2) is 0 Å². The molecule has 106 valence electrons. The number of nitrogens with zero attached hydrogens (tertiary/aromatic N) is 1. The third kappa shape index (κ3) is 3.96. The van der Waals surface area contributed by atoms with Crippen molar-refractivity contribution in [3.8, 4) is 0 Å². The van der Waals surface area contributed by atoms with Crippen molar-refractivity contribution in [2.45, 2.75) is 58.9 Å². The molecule has 18 heavy (non-hydrogen) atoms. The van der Waals surface area contributed by atoms with Gasteiger partial charge in [-0.2, -0.15) is 0 Å². The second-order valence-electron chi connectivity index (χ2n) is 6.98. The fourth-order valence-corrected chi connectivity index (χ4v) is 3.87. The van der Waals surface area contributed by atoms with Crippen LogP contribution in [0, 0.1) is 17.8 Å². The second kappa shape index (κ2) is 6.91. The molecular weight excluding hydrogens is 220 g/mol. The SMILES string of the molecule is CC1CCCC(CCN2CCNCC2C(C)C)C1. The van der Waals surface area contributed by atoms with Crippen LogP contribution < -0.4 is 5.32 Å². The summed E-state index contributed by atoms with van der Waals surface area (Å²) < 4.78 is 0. The van der Waals surface area contributed by atoms with E-state index in [1.807, 2.05) is 0 Å². The Labute approximate surface area is 114 Å². The predicted octanol–water partition coefficient (Wildman–Crippen LogP) is 3.13. The highest BCUT2D eigenvalue weighted by molar-refractivity contribution is 4.83. The van der Waals surface area contributed by atoms with E-state index in [4.69, 9.17) is 0 Å². The lowest BCUT2D eigenvalue weighted by molar-refractivity contribution is 0.110. The van der Waals surface area contributed by atoms with Gasteiger partial charge in [-0.15, -0.1) is 0 Å². The zero-order valence-corrected chi connectivity index (χ0v) is 12.6. The quantitative estimate of drug-likeness (QED) is 0.827. The highest BCUT2D eigenvalue weighted by atomic mass is 15.2. The van der Waals surface area contributed by atoms with E-state index in [-0.39, 0.29) is 0 Å². The molecule has 0 amide bonds. The van der Waals surface area contributed by atoms with Gasteiger partial charge in [0.1, 0.15) is 0 Å². The average molecular weight is 252 g/mol. The van der Waals surface area contributed by atoms with Gasteiger partial charge < -0.3 is 5.32 Å². The van der Waals surface area contributed by atoms with Crippen molar-refractivity contribution in [3.63, 3.8) is 0 Å². The van der Waals surface area contributed by atoms with Crippen LogP contribution in [0.5, 0.6) is 0 Å². The summed E-state index contributed by atoms with van der Waals surface area (Å²) in [6.07, 6.45) is 7.36. The minimum Gasteiger partial charge on any atom is -0.314 e. The first-order chi connectivity index (χ1) is 8.66. The molecule has 2 fully saturated rings. The molecule has 0 aromatic heterocycles. The zero-order chi connectivity index (χ0) is 13.0. The van der Waals surface area contributed by atoms with E-state index in [2.05, 4.69) is 31.0 Å². The van der Waals surface area contributed by atoms with E-state index in [9.17, 15) is 0 Å². The Bertz CT molecular complexity index is 239. The van der Waals surface area contributed by atoms with E-state index >= 15 is 0 Å². The second-order valence-corrected chi connectivity index (χ2v) is 6.98. The predicted molar refractivity (Wildman–Crippen MR) is 78.8 cm³/mol. The molecule has 0 aromatic rings. The fraction of sp³-hybridized carbons (Fsp3) is 1.00. The van der Waals surface area contributed by atoms with Crippen LogP contribution in [0.25, 0.3) is 0 Å². The Balaban J connectivity index is 1.77. The summed E-state index contributed by atoms with van der Waals surface area (Å²) in [4.78, 5) is 2.75. The minimum atomic E-state index is 0.764. The van der Waals surface area contributed by atoms with E-state index in [0.29, 0.717) is 0 Å². The Kier molecular flexibility index (Phi) is 5.50. The zero-order valence-electron chi connectivity index (χ0n) is 12.6. The molecule has 1 aliphatic heterocycles. The van der Waals surface area contributed by atoms with Crippen molar-refractivity contribution in [1.29, 1.82) is 0 Å². The molecule has 3 atom stereocenters. The van der Waals surface area contributed by atoms with E-state index in [0.717, 1.165) is 23.8 Å². The van der Waals surface area contributed by atoms with Crippen molar-refractivity contribution in [1.82, 2.24) is 10.2 Å². The van der Waals surface area contributed by atoms with E-state index in [1.165, 1.54) is 58.3 Å². The summed E-state index contributed by atoms with van der Waals surface area (Å²) >= 11 is 0. The summed E-state index contributed by atoms with van der Waals surface area (Å²) in [7, 11) is 0. The van der Waals surface area contributed by atoms with Gasteiger partial charge in [0, 0.05) is 25.7 Å². The summed E-state index contributed by atoms with van der Waals surface area (Å²) in [6.45, 7) is 12.1. The molecule has 0 radical (unpaired) electrons. The van der Waals surface area contributed by atoms with Gasteiger partial charge in [-0.1, -0.05) is 40.0 Å². The van der Waals surface area contributed by atoms with Gasteiger partial charge in [-0.25, -0.2) is 0 Å². The van der Waals surface area contributed by atoms with Crippen LogP contribution in [-0.2, 0) is 0 Å². The van der Waals surface area contributed by atoms with Crippen molar-refractivity contribution < 1.29 is 0 Å².